The third-order valence-electron chi connectivity index (χ3n) is 3.18. The van der Waals surface area contributed by atoms with Gasteiger partial charge in [-0.15, -0.1) is 10.2 Å². The highest BCUT2D eigenvalue weighted by atomic mass is 35.5. The summed E-state index contributed by atoms with van der Waals surface area (Å²) in [5, 5.41) is 9.08. The average molecular weight is 348 g/mol. The third-order valence-corrected chi connectivity index (χ3v) is 4.28. The van der Waals surface area contributed by atoms with Gasteiger partial charge in [0.05, 0.1) is 0 Å². The summed E-state index contributed by atoms with van der Waals surface area (Å²) < 4.78 is 16.3. The SMILES string of the molecule is Clc1cc(CSc2nnc(-c3ccc4c(c3)OCO4)o2)ccn1. The molecular weight excluding hydrogens is 338 g/mol. The molecule has 1 aliphatic heterocycles. The molecule has 0 saturated carbocycles. The molecule has 3 aromatic rings. The van der Waals surface area contributed by atoms with Crippen molar-refractivity contribution in [2.75, 3.05) is 6.79 Å². The number of pyridine rings is 1. The lowest BCUT2D eigenvalue weighted by molar-refractivity contribution is 0.174. The zero-order valence-corrected chi connectivity index (χ0v) is 13.3. The van der Waals surface area contributed by atoms with Gasteiger partial charge in [-0.25, -0.2) is 4.98 Å². The Balaban J connectivity index is 1.48. The van der Waals surface area contributed by atoms with E-state index >= 15 is 0 Å². The predicted molar refractivity (Wildman–Crippen MR) is 84.7 cm³/mol. The number of nitrogens with zero attached hydrogens (tertiary/aromatic N) is 3. The molecule has 0 radical (unpaired) electrons. The first-order valence-corrected chi connectivity index (χ1v) is 8.11. The zero-order chi connectivity index (χ0) is 15.6. The predicted octanol–water partition coefficient (Wildman–Crippen LogP) is 3.81. The van der Waals surface area contributed by atoms with Crippen LogP contribution in [-0.2, 0) is 5.75 Å². The number of hydrogen-bond donors (Lipinski definition) is 0. The highest BCUT2D eigenvalue weighted by Gasteiger charge is 2.16. The smallest absolute Gasteiger partial charge is 0.277 e. The normalized spacial score (nSPS) is 12.6. The Bertz CT molecular complexity index is 855. The van der Waals surface area contributed by atoms with E-state index in [0.29, 0.717) is 27.8 Å². The Kier molecular flexibility index (Phi) is 3.80. The van der Waals surface area contributed by atoms with Gasteiger partial charge in [0.1, 0.15) is 5.15 Å². The summed E-state index contributed by atoms with van der Waals surface area (Å²) in [5.74, 6) is 2.52. The largest absolute Gasteiger partial charge is 0.454 e. The number of ether oxygens (including phenoxy) is 2. The van der Waals surface area contributed by atoms with Crippen LogP contribution in [0.15, 0.2) is 46.2 Å². The van der Waals surface area contributed by atoms with Gasteiger partial charge < -0.3 is 13.9 Å². The minimum atomic E-state index is 0.234. The Morgan fingerprint density at radius 2 is 2.00 bits per heavy atom. The first-order valence-electron chi connectivity index (χ1n) is 6.75. The third kappa shape index (κ3) is 3.11. The quantitative estimate of drug-likeness (QED) is 0.525. The number of aromatic nitrogens is 3. The molecule has 0 unspecified atom stereocenters. The number of halogens is 1. The number of benzene rings is 1. The van der Waals surface area contributed by atoms with Crippen molar-refractivity contribution in [2.45, 2.75) is 11.0 Å². The maximum Gasteiger partial charge on any atom is 0.277 e. The molecule has 3 heterocycles. The first kappa shape index (κ1) is 14.3. The molecule has 0 N–H and O–H groups in total. The van der Waals surface area contributed by atoms with E-state index in [9.17, 15) is 0 Å². The lowest BCUT2D eigenvalue weighted by Crippen LogP contribution is -1.92. The molecule has 0 saturated heterocycles. The van der Waals surface area contributed by atoms with Crippen molar-refractivity contribution in [3.63, 3.8) is 0 Å². The first-order chi connectivity index (χ1) is 11.3. The monoisotopic (exact) mass is 347 g/mol. The van der Waals surface area contributed by atoms with Gasteiger partial charge in [-0.05, 0) is 35.9 Å². The molecule has 23 heavy (non-hydrogen) atoms. The second-order valence-corrected chi connectivity index (χ2v) is 6.03. The van der Waals surface area contributed by atoms with Gasteiger partial charge in [0, 0.05) is 17.5 Å². The molecule has 6 nitrogen and oxygen atoms in total. The van der Waals surface area contributed by atoms with Crippen LogP contribution in [0.1, 0.15) is 5.56 Å². The van der Waals surface area contributed by atoms with Crippen LogP contribution in [0.4, 0.5) is 0 Å². The fourth-order valence-corrected chi connectivity index (χ4v) is 2.99. The molecule has 4 rings (SSSR count). The van der Waals surface area contributed by atoms with E-state index < -0.39 is 0 Å². The van der Waals surface area contributed by atoms with Gasteiger partial charge in [-0.2, -0.15) is 0 Å². The number of rotatable bonds is 4. The Morgan fingerprint density at radius 3 is 2.91 bits per heavy atom. The molecule has 0 aliphatic carbocycles. The van der Waals surface area contributed by atoms with E-state index in [-0.39, 0.29) is 6.79 Å². The van der Waals surface area contributed by atoms with Crippen molar-refractivity contribution in [1.29, 1.82) is 0 Å². The second kappa shape index (κ2) is 6.10. The topological polar surface area (TPSA) is 70.3 Å². The summed E-state index contributed by atoms with van der Waals surface area (Å²) in [6.07, 6.45) is 1.67. The summed E-state index contributed by atoms with van der Waals surface area (Å²) in [4.78, 5) is 3.95. The molecule has 0 bridgehead atoms. The van der Waals surface area contributed by atoms with Crippen LogP contribution in [0.2, 0.25) is 5.15 Å². The Morgan fingerprint density at radius 1 is 1.09 bits per heavy atom. The highest BCUT2D eigenvalue weighted by Crippen LogP contribution is 2.36. The lowest BCUT2D eigenvalue weighted by Gasteiger charge is -1.99. The van der Waals surface area contributed by atoms with Gasteiger partial charge in [-0.3, -0.25) is 0 Å². The summed E-state index contributed by atoms with van der Waals surface area (Å²) in [5.41, 5.74) is 1.83. The van der Waals surface area contributed by atoms with Crippen LogP contribution in [0.3, 0.4) is 0 Å². The van der Waals surface area contributed by atoms with Crippen LogP contribution in [0, 0.1) is 0 Å². The van der Waals surface area contributed by atoms with E-state index in [1.807, 2.05) is 30.3 Å². The van der Waals surface area contributed by atoms with Crippen LogP contribution in [-0.4, -0.2) is 22.0 Å². The molecule has 8 heteroatoms. The van der Waals surface area contributed by atoms with Gasteiger partial charge in [0.15, 0.2) is 11.5 Å². The molecule has 1 aliphatic rings. The Hall–Kier alpha value is -2.25. The fourth-order valence-electron chi connectivity index (χ4n) is 2.09. The number of thioether (sulfide) groups is 1. The van der Waals surface area contributed by atoms with Crippen LogP contribution >= 0.6 is 23.4 Å². The van der Waals surface area contributed by atoms with E-state index in [2.05, 4.69) is 15.2 Å². The summed E-state index contributed by atoms with van der Waals surface area (Å²) >= 11 is 7.30. The highest BCUT2D eigenvalue weighted by molar-refractivity contribution is 7.98. The number of hydrogen-bond acceptors (Lipinski definition) is 7. The molecule has 116 valence electrons. The van der Waals surface area contributed by atoms with Crippen molar-refractivity contribution in [3.05, 3.63) is 47.2 Å². The average Bonchev–Trinajstić information content (AvgIpc) is 3.21. The van der Waals surface area contributed by atoms with Gasteiger partial charge in [0.2, 0.25) is 12.7 Å². The number of fused-ring (bicyclic) bond motifs is 1. The maximum atomic E-state index is 5.86. The molecule has 0 spiro atoms. The fraction of sp³-hybridized carbons (Fsp3) is 0.133. The van der Waals surface area contributed by atoms with Gasteiger partial charge >= 0.3 is 0 Å². The summed E-state index contributed by atoms with van der Waals surface area (Å²) in [7, 11) is 0. The van der Waals surface area contributed by atoms with E-state index in [1.165, 1.54) is 11.8 Å². The lowest BCUT2D eigenvalue weighted by atomic mass is 10.2. The summed E-state index contributed by atoms with van der Waals surface area (Å²) in [6.45, 7) is 0.234. The van der Waals surface area contributed by atoms with E-state index in [1.54, 1.807) is 6.20 Å². The molecule has 0 atom stereocenters. The van der Waals surface area contributed by atoms with Crippen molar-refractivity contribution >= 4 is 23.4 Å². The van der Waals surface area contributed by atoms with E-state index in [0.717, 1.165) is 16.9 Å². The molecular formula is C15H10ClN3O3S. The minimum Gasteiger partial charge on any atom is -0.454 e. The molecule has 2 aromatic heterocycles. The van der Waals surface area contributed by atoms with Crippen LogP contribution in [0.25, 0.3) is 11.5 Å². The molecule has 1 aromatic carbocycles. The van der Waals surface area contributed by atoms with Gasteiger partial charge in [0.25, 0.3) is 5.22 Å². The van der Waals surface area contributed by atoms with Crippen molar-refractivity contribution in [2.24, 2.45) is 0 Å². The second-order valence-electron chi connectivity index (χ2n) is 4.72. The van der Waals surface area contributed by atoms with Crippen molar-refractivity contribution < 1.29 is 13.9 Å². The molecule has 0 amide bonds. The summed E-state index contributed by atoms with van der Waals surface area (Å²) in [6, 6.07) is 9.22. The molecule has 0 fully saturated rings. The minimum absolute atomic E-state index is 0.234. The van der Waals surface area contributed by atoms with E-state index in [4.69, 9.17) is 25.5 Å². The Labute approximate surface area is 140 Å². The van der Waals surface area contributed by atoms with Crippen molar-refractivity contribution in [1.82, 2.24) is 15.2 Å². The maximum absolute atomic E-state index is 5.86. The van der Waals surface area contributed by atoms with Crippen LogP contribution in [0.5, 0.6) is 11.5 Å². The standard InChI is InChI=1S/C15H10ClN3O3S/c16-13-5-9(3-4-17-13)7-23-15-19-18-14(22-15)10-1-2-11-12(6-10)21-8-20-11/h1-6H,7-8H2. The van der Waals surface area contributed by atoms with Gasteiger partial charge in [-0.1, -0.05) is 23.4 Å². The van der Waals surface area contributed by atoms with Crippen molar-refractivity contribution in [3.8, 4) is 23.0 Å². The van der Waals surface area contributed by atoms with Crippen LogP contribution < -0.4 is 9.47 Å². The zero-order valence-electron chi connectivity index (χ0n) is 11.7.